The van der Waals surface area contributed by atoms with Crippen molar-refractivity contribution in [1.29, 1.82) is 0 Å². The molecule has 8 heteroatoms. The molecule has 1 unspecified atom stereocenters. The molecule has 9 atom stereocenters. The number of carbonyl (C=O) groups excluding carboxylic acids is 2. The van der Waals surface area contributed by atoms with Gasteiger partial charge in [-0.25, -0.2) is 10.0 Å². The highest BCUT2D eigenvalue weighted by molar-refractivity contribution is 5.90. The van der Waals surface area contributed by atoms with Crippen LogP contribution >= 0.6 is 0 Å². The third-order valence-corrected chi connectivity index (χ3v) is 7.98. The number of hydroxylamine groups is 3. The third-order valence-electron chi connectivity index (χ3n) is 7.98. The van der Waals surface area contributed by atoms with E-state index >= 15 is 0 Å². The van der Waals surface area contributed by atoms with Crippen LogP contribution in [0.4, 0.5) is 0 Å². The van der Waals surface area contributed by atoms with Crippen LogP contribution in [-0.4, -0.2) is 63.5 Å². The third kappa shape index (κ3) is 3.20. The fourth-order valence-corrected chi connectivity index (χ4v) is 6.62. The van der Waals surface area contributed by atoms with E-state index in [-0.39, 0.29) is 41.0 Å². The Morgan fingerprint density at radius 1 is 1.40 bits per heavy atom. The lowest BCUT2D eigenvalue weighted by Gasteiger charge is -2.41. The number of aliphatic hydroxyl groups excluding tert-OH is 1. The molecule has 0 saturated carbocycles. The van der Waals surface area contributed by atoms with Crippen molar-refractivity contribution in [3.05, 3.63) is 11.6 Å². The Balaban J connectivity index is 1.62. The number of quaternary nitrogens is 1. The normalized spacial score (nSPS) is 44.8. The highest BCUT2D eigenvalue weighted by Crippen LogP contribution is 2.55. The monoisotopic (exact) mass is 423 g/mol. The van der Waals surface area contributed by atoms with Gasteiger partial charge >= 0.3 is 5.97 Å². The van der Waals surface area contributed by atoms with Gasteiger partial charge in [0.25, 0.3) is 0 Å². The molecule has 0 radical (unpaired) electrons. The van der Waals surface area contributed by atoms with E-state index in [4.69, 9.17) is 9.47 Å². The molecule has 3 saturated heterocycles. The maximum atomic E-state index is 12.2. The molecule has 4 aliphatic heterocycles. The van der Waals surface area contributed by atoms with E-state index < -0.39 is 29.8 Å². The average molecular weight is 424 g/mol. The second-order valence-corrected chi connectivity index (χ2v) is 9.67. The molecule has 8 nitrogen and oxygen atoms in total. The molecule has 0 aromatic heterocycles. The van der Waals surface area contributed by atoms with Crippen molar-refractivity contribution in [2.24, 2.45) is 17.8 Å². The van der Waals surface area contributed by atoms with Crippen LogP contribution in [0.15, 0.2) is 11.6 Å². The Morgan fingerprint density at radius 3 is 2.73 bits per heavy atom. The van der Waals surface area contributed by atoms with E-state index in [2.05, 4.69) is 0 Å². The molecular formula is C22H33NO7. The SMILES string of the molecule is CC[C@H]1[C@H]2[C@@H](CCC[N+]3(O)[C@H]2CC[C@H]3[C@@H](O)C[C@H](C)C(=O)[O-])O[C@]12C=C(C)C(=O)O2. The van der Waals surface area contributed by atoms with Gasteiger partial charge in [-0.3, -0.25) is 0 Å². The number of carboxylic acids is 1. The zero-order valence-electron chi connectivity index (χ0n) is 18.0. The van der Waals surface area contributed by atoms with Crippen molar-refractivity contribution in [3.8, 4) is 0 Å². The lowest BCUT2D eigenvalue weighted by Crippen LogP contribution is -2.61. The topological polar surface area (TPSA) is 116 Å². The molecule has 4 aliphatic rings. The first-order valence-corrected chi connectivity index (χ1v) is 11.2. The van der Waals surface area contributed by atoms with Crippen LogP contribution in [0.25, 0.3) is 0 Å². The van der Waals surface area contributed by atoms with Gasteiger partial charge in [-0.1, -0.05) is 13.8 Å². The van der Waals surface area contributed by atoms with Crippen LogP contribution in [0, 0.1) is 17.8 Å². The average Bonchev–Trinajstić information content (AvgIpc) is 3.22. The number of aliphatic hydroxyl groups is 1. The second kappa shape index (κ2) is 7.58. The van der Waals surface area contributed by atoms with Crippen LogP contribution in [0.1, 0.15) is 59.3 Å². The maximum Gasteiger partial charge on any atom is 0.336 e. The summed E-state index contributed by atoms with van der Waals surface area (Å²) in [5.41, 5.74) is 0.547. The summed E-state index contributed by atoms with van der Waals surface area (Å²) in [5.74, 6) is -3.47. The first kappa shape index (κ1) is 21.7. The Labute approximate surface area is 177 Å². The van der Waals surface area contributed by atoms with Gasteiger partial charge in [0, 0.05) is 42.6 Å². The number of fused-ring (bicyclic) bond motifs is 3. The smallest absolute Gasteiger partial charge is 0.336 e. The van der Waals surface area contributed by atoms with Crippen molar-refractivity contribution < 1.29 is 39.1 Å². The van der Waals surface area contributed by atoms with Gasteiger partial charge in [0.15, 0.2) is 0 Å². The predicted molar refractivity (Wildman–Crippen MR) is 102 cm³/mol. The first-order valence-electron chi connectivity index (χ1n) is 11.2. The molecule has 1 spiro atoms. The fourth-order valence-electron chi connectivity index (χ4n) is 6.62. The quantitative estimate of drug-likeness (QED) is 0.498. The summed E-state index contributed by atoms with van der Waals surface area (Å²) in [5, 5.41) is 33.8. The number of carboxylic acid groups (broad SMARTS) is 1. The summed E-state index contributed by atoms with van der Waals surface area (Å²) in [4.78, 5) is 23.3. The van der Waals surface area contributed by atoms with E-state index in [1.54, 1.807) is 13.0 Å². The summed E-state index contributed by atoms with van der Waals surface area (Å²) < 4.78 is 11.9. The number of esters is 1. The van der Waals surface area contributed by atoms with E-state index in [1.165, 1.54) is 6.92 Å². The molecule has 168 valence electrons. The van der Waals surface area contributed by atoms with E-state index in [1.807, 2.05) is 6.92 Å². The van der Waals surface area contributed by atoms with Crippen LogP contribution in [-0.2, 0) is 19.1 Å². The Hall–Kier alpha value is -1.48. The molecule has 4 rings (SSSR count). The van der Waals surface area contributed by atoms with Crippen LogP contribution < -0.4 is 5.11 Å². The molecule has 2 N–H and O–H groups in total. The van der Waals surface area contributed by atoms with Crippen LogP contribution in [0.5, 0.6) is 0 Å². The Morgan fingerprint density at radius 2 is 2.13 bits per heavy atom. The van der Waals surface area contributed by atoms with E-state index in [0.29, 0.717) is 25.0 Å². The van der Waals surface area contributed by atoms with Crippen LogP contribution in [0.3, 0.4) is 0 Å². The maximum absolute atomic E-state index is 12.2. The summed E-state index contributed by atoms with van der Waals surface area (Å²) in [6.45, 7) is 5.80. The van der Waals surface area contributed by atoms with Gasteiger partial charge in [-0.2, -0.15) is 4.65 Å². The number of aliphatic carboxylic acids is 1. The molecule has 30 heavy (non-hydrogen) atoms. The number of carbonyl (C=O) groups is 2. The lowest BCUT2D eigenvalue weighted by molar-refractivity contribution is -1.13. The summed E-state index contributed by atoms with van der Waals surface area (Å²) in [6.07, 6.45) is 4.35. The minimum Gasteiger partial charge on any atom is -0.550 e. The number of nitrogens with zero attached hydrogens (tertiary/aromatic N) is 1. The number of ether oxygens (including phenoxy) is 2. The number of hydrogen-bond donors (Lipinski definition) is 2. The summed E-state index contributed by atoms with van der Waals surface area (Å²) in [6, 6.07) is -0.583. The van der Waals surface area contributed by atoms with Gasteiger partial charge in [0.2, 0.25) is 5.79 Å². The highest BCUT2D eigenvalue weighted by Gasteiger charge is 2.67. The molecule has 0 aromatic rings. The van der Waals surface area contributed by atoms with Gasteiger partial charge in [-0.15, -0.1) is 0 Å². The molecule has 0 aliphatic carbocycles. The van der Waals surface area contributed by atoms with Gasteiger partial charge in [-0.05, 0) is 38.2 Å². The van der Waals surface area contributed by atoms with Crippen molar-refractivity contribution in [1.82, 2.24) is 0 Å². The molecule has 3 fully saturated rings. The zero-order chi connectivity index (χ0) is 21.8. The molecular weight excluding hydrogens is 390 g/mol. The van der Waals surface area contributed by atoms with Crippen molar-refractivity contribution >= 4 is 11.9 Å². The van der Waals surface area contributed by atoms with E-state index in [0.717, 1.165) is 19.3 Å². The molecule has 0 bridgehead atoms. The van der Waals surface area contributed by atoms with Crippen molar-refractivity contribution in [3.63, 3.8) is 0 Å². The number of hydrogen-bond acceptors (Lipinski definition) is 7. The van der Waals surface area contributed by atoms with Gasteiger partial charge < -0.3 is 24.5 Å². The van der Waals surface area contributed by atoms with Crippen molar-refractivity contribution in [2.75, 3.05) is 6.54 Å². The minimum absolute atomic E-state index is 0.00628. The summed E-state index contributed by atoms with van der Waals surface area (Å²) >= 11 is 0. The number of rotatable bonds is 5. The molecule has 0 amide bonds. The first-order chi connectivity index (χ1) is 14.1. The van der Waals surface area contributed by atoms with Gasteiger partial charge in [0.05, 0.1) is 6.10 Å². The van der Waals surface area contributed by atoms with Crippen LogP contribution in [0.2, 0.25) is 0 Å². The van der Waals surface area contributed by atoms with E-state index in [9.17, 15) is 25.0 Å². The van der Waals surface area contributed by atoms with Gasteiger partial charge in [0.1, 0.15) is 24.7 Å². The molecule has 0 aromatic carbocycles. The second-order valence-electron chi connectivity index (χ2n) is 9.67. The standard InChI is InChI=1S/C22H33NO7/c1-4-14-19-16-8-7-15(17(24)10-12(2)20(25)26)23(16,28)9-5-6-18(19)29-22(14)11-13(3)21(27)30-22/h11-12,14-19,24,28H,4-10H2,1-3H3/t12-,14-,15-,16-,17-,18+,19+,22-,23?/m0/s1. The molecule has 4 heterocycles. The highest BCUT2D eigenvalue weighted by atomic mass is 16.7. The predicted octanol–water partition coefficient (Wildman–Crippen LogP) is 0.895. The fraction of sp³-hybridized carbons (Fsp3) is 0.818. The minimum atomic E-state index is -1.19. The summed E-state index contributed by atoms with van der Waals surface area (Å²) in [7, 11) is 0. The lowest BCUT2D eigenvalue weighted by atomic mass is 9.77. The zero-order valence-corrected chi connectivity index (χ0v) is 18.0. The Bertz CT molecular complexity index is 754. The van der Waals surface area contributed by atoms with Crippen molar-refractivity contribution in [2.45, 2.75) is 89.4 Å². The largest absolute Gasteiger partial charge is 0.550 e. The Kier molecular flexibility index (Phi) is 5.50.